The van der Waals surface area contributed by atoms with E-state index in [2.05, 4.69) is 15.4 Å². The van der Waals surface area contributed by atoms with E-state index in [1.807, 2.05) is 33.8 Å². The highest BCUT2D eigenvalue weighted by atomic mass is 16.2. The van der Waals surface area contributed by atoms with Gasteiger partial charge in [-0.1, -0.05) is 18.9 Å². The van der Waals surface area contributed by atoms with Crippen LogP contribution in [-0.4, -0.2) is 51.1 Å². The molecule has 0 aromatic carbocycles. The standard InChI is InChI=1S/C21H28N6O2/c22-20(29)21(17-8-3-4-11-23-17)10-5-13-26(15-21)14-19(28)25-18-9-12-24-27(18)16-6-1-2-7-16/h3-4,8-9,11-12,16H,1-2,5-7,10,13-15H2,(H2,22,29)(H,25,28)/t21-/m0/s1. The minimum absolute atomic E-state index is 0.106. The summed E-state index contributed by atoms with van der Waals surface area (Å²) in [6.45, 7) is 1.35. The van der Waals surface area contributed by atoms with Gasteiger partial charge in [-0.25, -0.2) is 4.68 Å². The maximum absolute atomic E-state index is 12.7. The molecule has 1 aliphatic carbocycles. The fourth-order valence-electron chi connectivity index (χ4n) is 4.70. The largest absolute Gasteiger partial charge is 0.369 e. The number of nitrogens with one attached hydrogen (secondary N) is 1. The number of primary amides is 1. The number of rotatable bonds is 6. The highest BCUT2D eigenvalue weighted by Gasteiger charge is 2.43. The van der Waals surface area contributed by atoms with E-state index < -0.39 is 5.41 Å². The number of aromatic nitrogens is 3. The Labute approximate surface area is 170 Å². The summed E-state index contributed by atoms with van der Waals surface area (Å²) in [6, 6.07) is 7.73. The predicted octanol–water partition coefficient (Wildman–Crippen LogP) is 1.85. The molecule has 3 N–H and O–H groups in total. The third kappa shape index (κ3) is 4.03. The molecule has 0 bridgehead atoms. The number of carbonyl (C=O) groups is 2. The summed E-state index contributed by atoms with van der Waals surface area (Å²) < 4.78 is 1.93. The summed E-state index contributed by atoms with van der Waals surface area (Å²) in [5.41, 5.74) is 5.63. The van der Waals surface area contributed by atoms with Gasteiger partial charge in [0.05, 0.1) is 24.5 Å². The van der Waals surface area contributed by atoms with Crippen LogP contribution in [0.1, 0.15) is 50.3 Å². The molecule has 3 heterocycles. The molecular weight excluding hydrogens is 368 g/mol. The van der Waals surface area contributed by atoms with Crippen LogP contribution in [0.25, 0.3) is 0 Å². The van der Waals surface area contributed by atoms with Crippen molar-refractivity contribution in [2.45, 2.75) is 50.0 Å². The number of nitrogens with zero attached hydrogens (tertiary/aromatic N) is 4. The number of anilines is 1. The monoisotopic (exact) mass is 396 g/mol. The van der Waals surface area contributed by atoms with Crippen LogP contribution in [0.3, 0.4) is 0 Å². The van der Waals surface area contributed by atoms with E-state index in [0.717, 1.165) is 31.6 Å². The topological polar surface area (TPSA) is 106 Å². The van der Waals surface area contributed by atoms with Gasteiger partial charge in [0.25, 0.3) is 0 Å². The molecular formula is C21H28N6O2. The molecule has 8 nitrogen and oxygen atoms in total. The van der Waals surface area contributed by atoms with E-state index in [4.69, 9.17) is 5.73 Å². The van der Waals surface area contributed by atoms with Gasteiger partial charge >= 0.3 is 0 Å². The molecule has 1 aliphatic heterocycles. The van der Waals surface area contributed by atoms with Crippen LogP contribution in [-0.2, 0) is 15.0 Å². The Kier molecular flexibility index (Phi) is 5.62. The lowest BCUT2D eigenvalue weighted by molar-refractivity contribution is -0.127. The maximum atomic E-state index is 12.7. The van der Waals surface area contributed by atoms with Gasteiger partial charge in [0.15, 0.2) is 0 Å². The lowest BCUT2D eigenvalue weighted by Gasteiger charge is -2.40. The number of likely N-dealkylation sites (tertiary alicyclic amines) is 1. The average Bonchev–Trinajstić information content (AvgIpc) is 3.40. The summed E-state index contributed by atoms with van der Waals surface area (Å²) in [5, 5.41) is 7.40. The highest BCUT2D eigenvalue weighted by Crippen LogP contribution is 2.33. The van der Waals surface area contributed by atoms with Gasteiger partial charge in [0.1, 0.15) is 11.2 Å². The van der Waals surface area contributed by atoms with Crippen molar-refractivity contribution in [3.8, 4) is 0 Å². The Morgan fingerprint density at radius 1 is 1.17 bits per heavy atom. The van der Waals surface area contributed by atoms with E-state index in [1.54, 1.807) is 12.4 Å². The maximum Gasteiger partial charge on any atom is 0.239 e. The molecule has 2 aliphatic rings. The zero-order chi connectivity index (χ0) is 20.3. The van der Waals surface area contributed by atoms with Gasteiger partial charge in [-0.05, 0) is 44.4 Å². The zero-order valence-corrected chi connectivity index (χ0v) is 16.6. The van der Waals surface area contributed by atoms with Gasteiger partial charge in [0.2, 0.25) is 11.8 Å². The first-order valence-corrected chi connectivity index (χ1v) is 10.4. The van der Waals surface area contributed by atoms with Crippen LogP contribution >= 0.6 is 0 Å². The second kappa shape index (κ2) is 8.32. The Morgan fingerprint density at radius 2 is 2.00 bits per heavy atom. The lowest BCUT2D eigenvalue weighted by atomic mass is 9.76. The second-order valence-corrected chi connectivity index (χ2v) is 8.12. The van der Waals surface area contributed by atoms with Crippen molar-refractivity contribution in [2.24, 2.45) is 5.73 Å². The fraction of sp³-hybridized carbons (Fsp3) is 0.524. The van der Waals surface area contributed by atoms with Crippen molar-refractivity contribution >= 4 is 17.6 Å². The van der Waals surface area contributed by atoms with E-state index in [-0.39, 0.29) is 18.4 Å². The first kappa shape index (κ1) is 19.6. The van der Waals surface area contributed by atoms with Crippen molar-refractivity contribution in [2.75, 3.05) is 25.0 Å². The molecule has 154 valence electrons. The Hall–Kier alpha value is -2.74. The fourth-order valence-corrected chi connectivity index (χ4v) is 4.70. The Bertz CT molecular complexity index is 861. The van der Waals surface area contributed by atoms with Crippen LogP contribution in [0.15, 0.2) is 36.7 Å². The van der Waals surface area contributed by atoms with Crippen LogP contribution in [0.5, 0.6) is 0 Å². The predicted molar refractivity (Wildman–Crippen MR) is 109 cm³/mol. The van der Waals surface area contributed by atoms with Gasteiger partial charge in [-0.2, -0.15) is 5.10 Å². The molecule has 0 spiro atoms. The molecule has 1 saturated heterocycles. The smallest absolute Gasteiger partial charge is 0.239 e. The quantitative estimate of drug-likeness (QED) is 0.775. The zero-order valence-electron chi connectivity index (χ0n) is 16.6. The third-order valence-electron chi connectivity index (χ3n) is 6.17. The summed E-state index contributed by atoms with van der Waals surface area (Å²) in [5.74, 6) is 0.247. The van der Waals surface area contributed by atoms with Crippen molar-refractivity contribution in [3.05, 3.63) is 42.4 Å². The second-order valence-electron chi connectivity index (χ2n) is 8.12. The first-order valence-electron chi connectivity index (χ1n) is 10.4. The molecule has 2 amide bonds. The van der Waals surface area contributed by atoms with Crippen LogP contribution in [0, 0.1) is 0 Å². The number of hydrogen-bond acceptors (Lipinski definition) is 5. The molecule has 29 heavy (non-hydrogen) atoms. The van der Waals surface area contributed by atoms with E-state index in [9.17, 15) is 9.59 Å². The number of hydrogen-bond donors (Lipinski definition) is 2. The number of nitrogens with two attached hydrogens (primary N) is 1. The molecule has 0 radical (unpaired) electrons. The summed E-state index contributed by atoms with van der Waals surface area (Å²) in [6.07, 6.45) is 9.44. The summed E-state index contributed by atoms with van der Waals surface area (Å²) in [4.78, 5) is 31.5. The minimum Gasteiger partial charge on any atom is -0.369 e. The van der Waals surface area contributed by atoms with E-state index in [1.165, 1.54) is 12.8 Å². The first-order chi connectivity index (χ1) is 14.1. The van der Waals surface area contributed by atoms with Gasteiger partial charge < -0.3 is 11.1 Å². The highest BCUT2D eigenvalue weighted by molar-refractivity contribution is 5.92. The van der Waals surface area contributed by atoms with Gasteiger partial charge in [-0.3, -0.25) is 19.5 Å². The Balaban J connectivity index is 1.44. The molecule has 8 heteroatoms. The van der Waals surface area contributed by atoms with Crippen molar-refractivity contribution in [3.63, 3.8) is 0 Å². The molecule has 2 fully saturated rings. The SMILES string of the molecule is NC(=O)[C@@]1(c2ccccn2)CCCN(CC(=O)Nc2ccnn2C2CCCC2)C1. The average molecular weight is 396 g/mol. The van der Waals surface area contributed by atoms with Gasteiger partial charge in [-0.15, -0.1) is 0 Å². The molecule has 2 aromatic heterocycles. The molecule has 1 saturated carbocycles. The number of carbonyl (C=O) groups excluding carboxylic acids is 2. The molecule has 4 rings (SSSR count). The van der Waals surface area contributed by atoms with Gasteiger partial charge in [0, 0.05) is 18.8 Å². The molecule has 2 aromatic rings. The van der Waals surface area contributed by atoms with Crippen LogP contribution in [0.4, 0.5) is 5.82 Å². The number of pyridine rings is 1. The van der Waals surface area contributed by atoms with Crippen LogP contribution in [0.2, 0.25) is 0 Å². The van der Waals surface area contributed by atoms with Crippen molar-refractivity contribution < 1.29 is 9.59 Å². The van der Waals surface area contributed by atoms with Crippen molar-refractivity contribution in [1.29, 1.82) is 0 Å². The van der Waals surface area contributed by atoms with Crippen molar-refractivity contribution in [1.82, 2.24) is 19.7 Å². The number of amides is 2. The van der Waals surface area contributed by atoms with E-state index >= 15 is 0 Å². The molecule has 0 unspecified atom stereocenters. The summed E-state index contributed by atoms with van der Waals surface area (Å²) in [7, 11) is 0. The third-order valence-corrected chi connectivity index (χ3v) is 6.17. The summed E-state index contributed by atoms with van der Waals surface area (Å²) >= 11 is 0. The molecule has 1 atom stereocenters. The minimum atomic E-state index is -0.856. The Morgan fingerprint density at radius 3 is 2.72 bits per heavy atom. The van der Waals surface area contributed by atoms with Crippen LogP contribution < -0.4 is 11.1 Å². The lowest BCUT2D eigenvalue weighted by Crippen LogP contribution is -2.55. The van der Waals surface area contributed by atoms with E-state index in [0.29, 0.717) is 24.7 Å². The number of piperidine rings is 1. The normalized spacial score (nSPS) is 23.2.